The van der Waals surface area contributed by atoms with Gasteiger partial charge in [0.2, 0.25) is 5.91 Å². The molecule has 1 unspecified atom stereocenters. The van der Waals surface area contributed by atoms with E-state index in [1.54, 1.807) is 6.07 Å². The Labute approximate surface area is 176 Å². The number of carbonyl (C=O) groups is 1. The minimum Gasteiger partial charge on any atom is -0.338 e. The summed E-state index contributed by atoms with van der Waals surface area (Å²) < 4.78 is 1.46. The monoisotopic (exact) mass is 407 g/mol. The van der Waals surface area contributed by atoms with Crippen molar-refractivity contribution in [3.63, 3.8) is 0 Å². The maximum atomic E-state index is 12.6. The normalized spacial score (nSPS) is 16.6. The Morgan fingerprint density at radius 1 is 1.20 bits per heavy atom. The number of amides is 1. The van der Waals surface area contributed by atoms with Gasteiger partial charge in [-0.25, -0.2) is 4.68 Å². The predicted molar refractivity (Wildman–Crippen MR) is 116 cm³/mol. The van der Waals surface area contributed by atoms with E-state index in [1.165, 1.54) is 10.7 Å². The molecule has 3 N–H and O–H groups in total. The lowest BCUT2D eigenvalue weighted by atomic mass is 9.81. The first-order chi connectivity index (χ1) is 14.3. The molecule has 0 saturated heterocycles. The van der Waals surface area contributed by atoms with Crippen LogP contribution in [-0.2, 0) is 11.2 Å². The van der Waals surface area contributed by atoms with Crippen LogP contribution in [0, 0.1) is 11.3 Å². The molecule has 7 heteroatoms. The largest absolute Gasteiger partial charge is 0.338 e. The molecule has 1 atom stereocenters. The van der Waals surface area contributed by atoms with Gasteiger partial charge in [0.05, 0.1) is 23.3 Å². The van der Waals surface area contributed by atoms with Crippen molar-refractivity contribution in [1.82, 2.24) is 15.1 Å². The number of nitrogens with one attached hydrogen (secondary N) is 1. The van der Waals surface area contributed by atoms with Crippen molar-refractivity contribution in [3.8, 4) is 17.3 Å². The number of aromatic nitrogens is 2. The first-order valence-electron chi connectivity index (χ1n) is 10.5. The van der Waals surface area contributed by atoms with Gasteiger partial charge in [-0.3, -0.25) is 9.59 Å². The average molecular weight is 408 g/mol. The molecule has 1 aliphatic rings. The summed E-state index contributed by atoms with van der Waals surface area (Å²) in [5.74, 6) is -0.231. The SMILES string of the molecule is CC(C)n1nc(-c2ccc(CC(C#N)NC(=O)C3(N)CCCCC3)cc2)ccc1=O. The highest BCUT2D eigenvalue weighted by atomic mass is 16.2. The van der Waals surface area contributed by atoms with Gasteiger partial charge >= 0.3 is 0 Å². The smallest absolute Gasteiger partial charge is 0.267 e. The van der Waals surface area contributed by atoms with E-state index in [0.717, 1.165) is 30.4 Å². The van der Waals surface area contributed by atoms with E-state index in [4.69, 9.17) is 5.73 Å². The summed E-state index contributed by atoms with van der Waals surface area (Å²) in [6, 6.07) is 12.4. The number of nitrogens with two attached hydrogens (primary N) is 1. The van der Waals surface area contributed by atoms with Crippen LogP contribution in [0.4, 0.5) is 0 Å². The van der Waals surface area contributed by atoms with Crippen molar-refractivity contribution < 1.29 is 4.79 Å². The average Bonchev–Trinajstić information content (AvgIpc) is 2.74. The standard InChI is InChI=1S/C23H29N5O2/c1-16(2)28-21(29)11-10-20(27-28)18-8-6-17(7-9-18)14-19(15-24)26-22(30)23(25)12-4-3-5-13-23/h6-11,16,19H,3-5,12-14,25H2,1-2H3,(H,26,30). The van der Waals surface area contributed by atoms with Gasteiger partial charge in [0, 0.05) is 18.1 Å². The molecular weight excluding hydrogens is 378 g/mol. The Kier molecular flexibility index (Phi) is 6.68. The predicted octanol–water partition coefficient (Wildman–Crippen LogP) is 2.70. The van der Waals surface area contributed by atoms with Gasteiger partial charge in [0.25, 0.3) is 5.56 Å². The second kappa shape index (κ2) is 9.23. The molecule has 7 nitrogen and oxygen atoms in total. The van der Waals surface area contributed by atoms with Crippen LogP contribution in [0.2, 0.25) is 0 Å². The Balaban J connectivity index is 1.68. The van der Waals surface area contributed by atoms with E-state index < -0.39 is 11.6 Å². The van der Waals surface area contributed by atoms with E-state index >= 15 is 0 Å². The molecule has 1 saturated carbocycles. The molecule has 0 radical (unpaired) electrons. The zero-order chi connectivity index (χ0) is 21.7. The van der Waals surface area contributed by atoms with E-state index in [9.17, 15) is 14.9 Å². The molecule has 2 aromatic rings. The lowest BCUT2D eigenvalue weighted by molar-refractivity contribution is -0.127. The summed E-state index contributed by atoms with van der Waals surface area (Å²) in [5.41, 5.74) is 7.81. The lowest BCUT2D eigenvalue weighted by Gasteiger charge is -2.32. The van der Waals surface area contributed by atoms with Crippen LogP contribution >= 0.6 is 0 Å². The van der Waals surface area contributed by atoms with Crippen LogP contribution in [-0.4, -0.2) is 27.3 Å². The third kappa shape index (κ3) is 4.95. The van der Waals surface area contributed by atoms with Crippen molar-refractivity contribution in [2.75, 3.05) is 0 Å². The van der Waals surface area contributed by atoms with E-state index in [1.807, 2.05) is 38.1 Å². The second-order valence-electron chi connectivity index (χ2n) is 8.37. The zero-order valence-corrected chi connectivity index (χ0v) is 17.6. The molecule has 0 spiro atoms. The molecule has 1 aromatic carbocycles. The highest BCUT2D eigenvalue weighted by molar-refractivity contribution is 5.86. The third-order valence-corrected chi connectivity index (χ3v) is 5.66. The van der Waals surface area contributed by atoms with Crippen LogP contribution in [0.5, 0.6) is 0 Å². The van der Waals surface area contributed by atoms with Crippen molar-refractivity contribution in [1.29, 1.82) is 5.26 Å². The van der Waals surface area contributed by atoms with Gasteiger partial charge in [-0.2, -0.15) is 10.4 Å². The molecule has 1 aliphatic carbocycles. The summed E-state index contributed by atoms with van der Waals surface area (Å²) in [7, 11) is 0. The number of hydrogen-bond donors (Lipinski definition) is 2. The summed E-state index contributed by atoms with van der Waals surface area (Å²) in [6.07, 6.45) is 4.72. The zero-order valence-electron chi connectivity index (χ0n) is 17.6. The summed E-state index contributed by atoms with van der Waals surface area (Å²) in [6.45, 7) is 3.83. The molecule has 1 amide bonds. The molecule has 0 bridgehead atoms. The van der Waals surface area contributed by atoms with Crippen molar-refractivity contribution >= 4 is 5.91 Å². The maximum absolute atomic E-state index is 12.6. The van der Waals surface area contributed by atoms with Crippen LogP contribution in [0.25, 0.3) is 11.3 Å². The van der Waals surface area contributed by atoms with Crippen molar-refractivity contribution in [2.45, 2.75) is 70.0 Å². The van der Waals surface area contributed by atoms with Gasteiger partial charge in [-0.05, 0) is 38.3 Å². The van der Waals surface area contributed by atoms with Crippen LogP contribution in [0.15, 0.2) is 41.2 Å². The molecule has 30 heavy (non-hydrogen) atoms. The van der Waals surface area contributed by atoms with Gasteiger partial charge in [0.15, 0.2) is 0 Å². The number of benzene rings is 1. The fourth-order valence-corrected chi connectivity index (χ4v) is 3.84. The molecular formula is C23H29N5O2. The van der Waals surface area contributed by atoms with Gasteiger partial charge in [-0.1, -0.05) is 43.5 Å². The fourth-order valence-electron chi connectivity index (χ4n) is 3.84. The number of nitrogens with zero attached hydrogens (tertiary/aromatic N) is 3. The molecule has 1 fully saturated rings. The van der Waals surface area contributed by atoms with Crippen molar-refractivity contribution in [2.24, 2.45) is 5.73 Å². The number of nitriles is 1. The minimum absolute atomic E-state index is 0.0216. The first-order valence-corrected chi connectivity index (χ1v) is 10.5. The minimum atomic E-state index is -0.859. The summed E-state index contributed by atoms with van der Waals surface area (Å²) in [4.78, 5) is 24.5. The topological polar surface area (TPSA) is 114 Å². The third-order valence-electron chi connectivity index (χ3n) is 5.66. The Morgan fingerprint density at radius 3 is 2.47 bits per heavy atom. The summed E-state index contributed by atoms with van der Waals surface area (Å²) >= 11 is 0. The van der Waals surface area contributed by atoms with E-state index in [2.05, 4.69) is 16.5 Å². The molecule has 1 heterocycles. The van der Waals surface area contributed by atoms with Gasteiger partial charge in [0.1, 0.15) is 6.04 Å². The highest BCUT2D eigenvalue weighted by Crippen LogP contribution is 2.26. The van der Waals surface area contributed by atoms with Crippen LogP contribution < -0.4 is 16.6 Å². The van der Waals surface area contributed by atoms with Gasteiger partial charge in [-0.15, -0.1) is 0 Å². The van der Waals surface area contributed by atoms with Crippen LogP contribution in [0.3, 0.4) is 0 Å². The second-order valence-corrected chi connectivity index (χ2v) is 8.37. The first kappa shape index (κ1) is 21.7. The van der Waals surface area contributed by atoms with Crippen molar-refractivity contribution in [3.05, 3.63) is 52.3 Å². The molecule has 3 rings (SSSR count). The van der Waals surface area contributed by atoms with Gasteiger partial charge < -0.3 is 11.1 Å². The van der Waals surface area contributed by atoms with Crippen LogP contribution in [0.1, 0.15) is 57.6 Å². The maximum Gasteiger partial charge on any atom is 0.267 e. The highest BCUT2D eigenvalue weighted by Gasteiger charge is 2.36. The molecule has 158 valence electrons. The Morgan fingerprint density at radius 2 is 1.87 bits per heavy atom. The fraction of sp³-hybridized carbons (Fsp3) is 0.478. The number of carbonyl (C=O) groups excluding carboxylic acids is 1. The molecule has 1 aromatic heterocycles. The molecule has 0 aliphatic heterocycles. The number of rotatable bonds is 6. The van der Waals surface area contributed by atoms with E-state index in [0.29, 0.717) is 25.0 Å². The lowest BCUT2D eigenvalue weighted by Crippen LogP contribution is -2.57. The Bertz CT molecular complexity index is 982. The summed E-state index contributed by atoms with van der Waals surface area (Å²) in [5, 5.41) is 16.8. The van der Waals surface area contributed by atoms with E-state index in [-0.39, 0.29) is 17.5 Å². The quantitative estimate of drug-likeness (QED) is 0.764. The Hall–Kier alpha value is -2.98. The number of hydrogen-bond acceptors (Lipinski definition) is 5.